The fraction of sp³-hybridized carbons (Fsp3) is 0.294. The van der Waals surface area contributed by atoms with Gasteiger partial charge < -0.3 is 10.0 Å². The number of amides is 1. The van der Waals surface area contributed by atoms with E-state index in [1.54, 1.807) is 0 Å². The number of benzene rings is 1. The van der Waals surface area contributed by atoms with Crippen molar-refractivity contribution in [1.82, 2.24) is 14.8 Å². The van der Waals surface area contributed by atoms with Crippen LogP contribution in [0.2, 0.25) is 0 Å². The van der Waals surface area contributed by atoms with Gasteiger partial charge in [-0.25, -0.2) is 0 Å². The highest BCUT2D eigenvalue weighted by atomic mass is 16.3. The number of hydrogen-bond donors (Lipinski definition) is 1. The Hall–Kier alpha value is -2.40. The molecule has 0 unspecified atom stereocenters. The first-order valence-electron chi connectivity index (χ1n) is 7.42. The second-order valence-corrected chi connectivity index (χ2v) is 5.49. The van der Waals surface area contributed by atoms with Gasteiger partial charge in [0.15, 0.2) is 0 Å². The number of piperazine rings is 1. The molecule has 1 N–H and O–H groups in total. The topological polar surface area (TPSA) is 56.7 Å². The van der Waals surface area contributed by atoms with Crippen LogP contribution in [0.5, 0.6) is 5.75 Å². The molecule has 0 bridgehead atoms. The first-order valence-corrected chi connectivity index (χ1v) is 7.42. The molecule has 0 saturated carbocycles. The normalized spacial score (nSPS) is 15.7. The molecule has 1 aliphatic heterocycles. The summed E-state index contributed by atoms with van der Waals surface area (Å²) in [5.74, 6) is -0.0451. The molecule has 0 atom stereocenters. The zero-order valence-electron chi connectivity index (χ0n) is 12.4. The summed E-state index contributed by atoms with van der Waals surface area (Å²) < 4.78 is 0. The van der Waals surface area contributed by atoms with Crippen molar-refractivity contribution in [2.75, 3.05) is 26.2 Å². The Kier molecular flexibility index (Phi) is 4.34. The summed E-state index contributed by atoms with van der Waals surface area (Å²) >= 11 is 0. The van der Waals surface area contributed by atoms with Gasteiger partial charge in [-0.2, -0.15) is 0 Å². The van der Waals surface area contributed by atoms with E-state index in [1.165, 1.54) is 24.0 Å². The summed E-state index contributed by atoms with van der Waals surface area (Å²) in [6.07, 6.45) is 2.83. The quantitative estimate of drug-likeness (QED) is 0.937. The fourth-order valence-electron chi connectivity index (χ4n) is 2.68. The lowest BCUT2D eigenvalue weighted by Gasteiger charge is -2.34. The lowest BCUT2D eigenvalue weighted by atomic mass is 10.2. The van der Waals surface area contributed by atoms with Crippen LogP contribution in [0.3, 0.4) is 0 Å². The van der Waals surface area contributed by atoms with Crippen LogP contribution in [0.1, 0.15) is 15.9 Å². The Balaban J connectivity index is 1.56. The molecule has 1 fully saturated rings. The van der Waals surface area contributed by atoms with Crippen molar-refractivity contribution >= 4 is 5.91 Å². The first kappa shape index (κ1) is 14.5. The average molecular weight is 297 g/mol. The highest BCUT2D eigenvalue weighted by molar-refractivity contribution is 5.94. The lowest BCUT2D eigenvalue weighted by Crippen LogP contribution is -2.48. The minimum Gasteiger partial charge on any atom is -0.506 e. The monoisotopic (exact) mass is 297 g/mol. The van der Waals surface area contributed by atoms with Gasteiger partial charge in [0.2, 0.25) is 0 Å². The van der Waals surface area contributed by atoms with E-state index in [4.69, 9.17) is 0 Å². The standard InChI is InChI=1S/C17H19N3O2/c21-16-10-15(11-18-12-16)17(22)20-8-6-19(7-9-20)13-14-4-2-1-3-5-14/h1-5,10-12,21H,6-9,13H2. The largest absolute Gasteiger partial charge is 0.506 e. The maximum Gasteiger partial charge on any atom is 0.255 e. The van der Waals surface area contributed by atoms with Crippen molar-refractivity contribution in [2.24, 2.45) is 0 Å². The van der Waals surface area contributed by atoms with Crippen molar-refractivity contribution in [2.45, 2.75) is 6.54 Å². The smallest absolute Gasteiger partial charge is 0.255 e. The van der Waals surface area contributed by atoms with Crippen LogP contribution in [0.15, 0.2) is 48.8 Å². The second kappa shape index (κ2) is 6.58. The van der Waals surface area contributed by atoms with Gasteiger partial charge in [0.1, 0.15) is 5.75 Å². The number of hydrogen-bond acceptors (Lipinski definition) is 4. The summed E-state index contributed by atoms with van der Waals surface area (Å²) in [7, 11) is 0. The molecule has 1 aromatic carbocycles. The van der Waals surface area contributed by atoms with Crippen LogP contribution in [0, 0.1) is 0 Å². The molecule has 0 radical (unpaired) electrons. The number of nitrogens with zero attached hydrogens (tertiary/aromatic N) is 3. The molecule has 22 heavy (non-hydrogen) atoms. The van der Waals surface area contributed by atoms with E-state index in [-0.39, 0.29) is 11.7 Å². The average Bonchev–Trinajstić information content (AvgIpc) is 2.56. The SMILES string of the molecule is O=C(c1cncc(O)c1)N1CCN(Cc2ccccc2)CC1. The van der Waals surface area contributed by atoms with Crippen LogP contribution in [0.4, 0.5) is 0 Å². The molecular formula is C17H19N3O2. The molecule has 0 spiro atoms. The Morgan fingerprint density at radius 3 is 2.50 bits per heavy atom. The fourth-order valence-corrected chi connectivity index (χ4v) is 2.68. The van der Waals surface area contributed by atoms with Crippen LogP contribution < -0.4 is 0 Å². The van der Waals surface area contributed by atoms with Gasteiger partial charge in [-0.05, 0) is 11.6 Å². The molecule has 2 heterocycles. The predicted molar refractivity (Wildman–Crippen MR) is 83.5 cm³/mol. The summed E-state index contributed by atoms with van der Waals surface area (Å²) in [6, 6.07) is 11.8. The highest BCUT2D eigenvalue weighted by Crippen LogP contribution is 2.14. The number of aromatic hydroxyl groups is 1. The molecule has 5 nitrogen and oxygen atoms in total. The third kappa shape index (κ3) is 3.43. The van der Waals surface area contributed by atoms with E-state index < -0.39 is 0 Å². The molecular weight excluding hydrogens is 278 g/mol. The van der Waals surface area contributed by atoms with Crippen molar-refractivity contribution in [1.29, 1.82) is 0 Å². The van der Waals surface area contributed by atoms with E-state index in [2.05, 4.69) is 22.0 Å². The molecule has 1 aromatic heterocycles. The van der Waals surface area contributed by atoms with E-state index in [1.807, 2.05) is 23.1 Å². The molecule has 1 amide bonds. The Morgan fingerprint density at radius 2 is 1.82 bits per heavy atom. The first-order chi connectivity index (χ1) is 10.7. The van der Waals surface area contributed by atoms with Crippen LogP contribution in [0.25, 0.3) is 0 Å². The van der Waals surface area contributed by atoms with Gasteiger partial charge >= 0.3 is 0 Å². The Morgan fingerprint density at radius 1 is 1.09 bits per heavy atom. The van der Waals surface area contributed by atoms with Gasteiger partial charge in [0.25, 0.3) is 5.91 Å². The van der Waals surface area contributed by atoms with Gasteiger partial charge in [0.05, 0.1) is 11.8 Å². The molecule has 0 aliphatic carbocycles. The summed E-state index contributed by atoms with van der Waals surface area (Å²) in [5.41, 5.74) is 1.73. The molecule has 114 valence electrons. The molecule has 1 aliphatic rings. The van der Waals surface area contributed by atoms with Crippen LogP contribution in [-0.4, -0.2) is 52.0 Å². The molecule has 2 aromatic rings. The van der Waals surface area contributed by atoms with Crippen molar-refractivity contribution < 1.29 is 9.90 Å². The van der Waals surface area contributed by atoms with E-state index in [9.17, 15) is 9.90 Å². The lowest BCUT2D eigenvalue weighted by molar-refractivity contribution is 0.0627. The number of pyridine rings is 1. The maximum atomic E-state index is 12.4. The summed E-state index contributed by atoms with van der Waals surface area (Å²) in [4.78, 5) is 20.4. The number of carbonyl (C=O) groups excluding carboxylic acids is 1. The van der Waals surface area contributed by atoms with Crippen molar-refractivity contribution in [3.63, 3.8) is 0 Å². The number of carbonyl (C=O) groups is 1. The van der Waals surface area contributed by atoms with Gasteiger partial charge in [-0.1, -0.05) is 30.3 Å². The summed E-state index contributed by atoms with van der Waals surface area (Å²) in [6.45, 7) is 4.01. The number of rotatable bonds is 3. The van der Waals surface area contributed by atoms with Crippen LogP contribution in [-0.2, 0) is 6.54 Å². The number of aromatic nitrogens is 1. The third-order valence-electron chi connectivity index (χ3n) is 3.88. The Bertz CT molecular complexity index is 637. The Labute approximate surface area is 129 Å². The predicted octanol–water partition coefficient (Wildman–Crippen LogP) is 1.75. The van der Waals surface area contributed by atoms with Gasteiger partial charge in [-0.15, -0.1) is 0 Å². The third-order valence-corrected chi connectivity index (χ3v) is 3.88. The summed E-state index contributed by atoms with van der Waals surface area (Å²) in [5, 5.41) is 9.43. The van der Waals surface area contributed by atoms with E-state index in [0.29, 0.717) is 18.7 Å². The second-order valence-electron chi connectivity index (χ2n) is 5.49. The van der Waals surface area contributed by atoms with E-state index in [0.717, 1.165) is 19.6 Å². The minimum absolute atomic E-state index is 0.0218. The van der Waals surface area contributed by atoms with Crippen molar-refractivity contribution in [3.8, 4) is 5.75 Å². The van der Waals surface area contributed by atoms with Crippen molar-refractivity contribution in [3.05, 3.63) is 59.9 Å². The highest BCUT2D eigenvalue weighted by Gasteiger charge is 2.22. The van der Waals surface area contributed by atoms with E-state index >= 15 is 0 Å². The van der Waals surface area contributed by atoms with Gasteiger partial charge in [0, 0.05) is 38.9 Å². The molecule has 3 rings (SSSR count). The van der Waals surface area contributed by atoms with Crippen LogP contribution >= 0.6 is 0 Å². The molecule has 5 heteroatoms. The van der Waals surface area contributed by atoms with Gasteiger partial charge in [-0.3, -0.25) is 14.7 Å². The maximum absolute atomic E-state index is 12.4. The zero-order valence-corrected chi connectivity index (χ0v) is 12.4. The molecule has 1 saturated heterocycles. The minimum atomic E-state index is -0.0669. The zero-order chi connectivity index (χ0) is 15.4.